The molecule has 0 saturated carbocycles. The number of aromatic nitrogens is 2. The lowest BCUT2D eigenvalue weighted by molar-refractivity contribution is -0.179. The highest BCUT2D eigenvalue weighted by Gasteiger charge is 2.41. The summed E-state index contributed by atoms with van der Waals surface area (Å²) in [4.78, 5) is 2.04. The molecule has 1 aliphatic heterocycles. The molecule has 142 valence electrons. The lowest BCUT2D eigenvalue weighted by Crippen LogP contribution is -2.39. The molecule has 3 aromatic rings. The van der Waals surface area contributed by atoms with Crippen LogP contribution in [0.15, 0.2) is 48.8 Å². The number of nitrogens with zero attached hydrogens (tertiary/aromatic N) is 3. The number of anilines is 3. The number of piperidine rings is 1. The normalized spacial score (nSPS) is 16.1. The van der Waals surface area contributed by atoms with E-state index in [1.165, 1.54) is 0 Å². The molecule has 1 aliphatic rings. The molecule has 0 aliphatic carbocycles. The average Bonchev–Trinajstić information content (AvgIpc) is 3.10. The minimum absolute atomic E-state index is 0.161. The summed E-state index contributed by atoms with van der Waals surface area (Å²) in [5.41, 5.74) is 4.98. The molecule has 3 heterocycles. The summed E-state index contributed by atoms with van der Waals surface area (Å²) in [5, 5.41) is 7.58. The van der Waals surface area contributed by atoms with Crippen molar-refractivity contribution in [1.82, 2.24) is 9.61 Å². The first-order chi connectivity index (χ1) is 12.9. The van der Waals surface area contributed by atoms with Crippen molar-refractivity contribution < 1.29 is 13.2 Å². The quantitative estimate of drug-likeness (QED) is 0.687. The molecule has 0 unspecified atom stereocenters. The molecule has 7 heteroatoms. The van der Waals surface area contributed by atoms with Crippen LogP contribution in [0.2, 0.25) is 0 Å². The lowest BCUT2D eigenvalue weighted by Gasteiger charge is -2.34. The van der Waals surface area contributed by atoms with Crippen LogP contribution in [0.5, 0.6) is 0 Å². The topological polar surface area (TPSA) is 32.6 Å². The van der Waals surface area contributed by atoms with Gasteiger partial charge in [-0.1, -0.05) is 0 Å². The van der Waals surface area contributed by atoms with E-state index in [2.05, 4.69) is 10.4 Å². The lowest BCUT2D eigenvalue weighted by atomic mass is 9.96. The summed E-state index contributed by atoms with van der Waals surface area (Å²) in [6.45, 7) is 2.88. The van der Waals surface area contributed by atoms with E-state index >= 15 is 0 Å². The summed E-state index contributed by atoms with van der Waals surface area (Å²) in [6, 6.07) is 11.9. The third-order valence-corrected chi connectivity index (χ3v) is 5.21. The van der Waals surface area contributed by atoms with Crippen molar-refractivity contribution in [3.63, 3.8) is 0 Å². The first kappa shape index (κ1) is 17.7. The van der Waals surface area contributed by atoms with Crippen molar-refractivity contribution >= 4 is 22.6 Å². The van der Waals surface area contributed by atoms with E-state index in [0.29, 0.717) is 13.1 Å². The van der Waals surface area contributed by atoms with E-state index in [-0.39, 0.29) is 12.8 Å². The van der Waals surface area contributed by atoms with Gasteiger partial charge in [0.15, 0.2) is 0 Å². The minimum atomic E-state index is -4.08. The van der Waals surface area contributed by atoms with Gasteiger partial charge in [0.05, 0.1) is 11.4 Å². The molecular formula is C20H21F3N4. The van der Waals surface area contributed by atoms with Crippen molar-refractivity contribution in [2.24, 2.45) is 5.92 Å². The zero-order valence-corrected chi connectivity index (χ0v) is 15.0. The van der Waals surface area contributed by atoms with Crippen LogP contribution in [0.25, 0.3) is 5.52 Å². The van der Waals surface area contributed by atoms with Crippen molar-refractivity contribution in [3.05, 3.63) is 54.4 Å². The number of aryl methyl sites for hydroxylation is 1. The maximum absolute atomic E-state index is 12.8. The molecule has 4 nitrogen and oxygen atoms in total. The molecule has 1 N–H and O–H groups in total. The fourth-order valence-corrected chi connectivity index (χ4v) is 3.60. The van der Waals surface area contributed by atoms with Gasteiger partial charge >= 0.3 is 6.18 Å². The molecule has 0 atom stereocenters. The highest BCUT2D eigenvalue weighted by atomic mass is 19.4. The van der Waals surface area contributed by atoms with Crippen molar-refractivity contribution in [1.29, 1.82) is 0 Å². The van der Waals surface area contributed by atoms with Crippen LogP contribution in [0, 0.1) is 12.8 Å². The van der Waals surface area contributed by atoms with Crippen LogP contribution in [-0.4, -0.2) is 28.9 Å². The van der Waals surface area contributed by atoms with Crippen LogP contribution < -0.4 is 10.2 Å². The van der Waals surface area contributed by atoms with Crippen LogP contribution in [-0.2, 0) is 0 Å². The number of nitrogens with one attached hydrogen (secondary N) is 1. The second kappa shape index (κ2) is 6.79. The molecule has 0 radical (unpaired) electrons. The zero-order chi connectivity index (χ0) is 19.0. The van der Waals surface area contributed by atoms with Crippen LogP contribution in [0.4, 0.5) is 30.2 Å². The van der Waals surface area contributed by atoms with Gasteiger partial charge in [-0.15, -0.1) is 0 Å². The minimum Gasteiger partial charge on any atom is -0.371 e. The fourth-order valence-electron chi connectivity index (χ4n) is 3.60. The van der Waals surface area contributed by atoms with Gasteiger partial charge in [0.1, 0.15) is 0 Å². The second-order valence-corrected chi connectivity index (χ2v) is 7.04. The Hall–Kier alpha value is -2.70. The molecule has 27 heavy (non-hydrogen) atoms. The van der Waals surface area contributed by atoms with Gasteiger partial charge in [0.25, 0.3) is 0 Å². The number of pyridine rings is 1. The number of hydrogen-bond acceptors (Lipinski definition) is 3. The van der Waals surface area contributed by atoms with E-state index in [9.17, 15) is 13.2 Å². The predicted octanol–water partition coefficient (Wildman–Crippen LogP) is 5.17. The number of alkyl halides is 3. The first-order valence-electron chi connectivity index (χ1n) is 9.03. The Morgan fingerprint density at radius 1 is 1.07 bits per heavy atom. The summed E-state index contributed by atoms with van der Waals surface area (Å²) in [5.74, 6) is -1.17. The van der Waals surface area contributed by atoms with Crippen molar-refractivity contribution in [3.8, 4) is 0 Å². The van der Waals surface area contributed by atoms with E-state index in [4.69, 9.17) is 0 Å². The van der Waals surface area contributed by atoms with Gasteiger partial charge in [0.2, 0.25) is 0 Å². The van der Waals surface area contributed by atoms with Crippen LogP contribution in [0.1, 0.15) is 18.4 Å². The van der Waals surface area contributed by atoms with Crippen molar-refractivity contribution in [2.75, 3.05) is 23.3 Å². The van der Waals surface area contributed by atoms with E-state index in [1.54, 1.807) is 10.7 Å². The number of benzene rings is 1. The first-order valence-corrected chi connectivity index (χ1v) is 9.03. The molecule has 0 amide bonds. The Kier molecular flexibility index (Phi) is 4.45. The van der Waals surface area contributed by atoms with Gasteiger partial charge < -0.3 is 10.2 Å². The zero-order valence-electron chi connectivity index (χ0n) is 15.0. The second-order valence-electron chi connectivity index (χ2n) is 7.04. The number of halogens is 3. The smallest absolute Gasteiger partial charge is 0.371 e. The Morgan fingerprint density at radius 3 is 2.56 bits per heavy atom. The Bertz CT molecular complexity index is 940. The Morgan fingerprint density at radius 2 is 1.85 bits per heavy atom. The molecule has 0 bridgehead atoms. The van der Waals surface area contributed by atoms with Gasteiger partial charge in [-0.2, -0.15) is 18.3 Å². The fraction of sp³-hybridized carbons (Fsp3) is 0.350. The van der Waals surface area contributed by atoms with Gasteiger partial charge in [-0.25, -0.2) is 4.52 Å². The van der Waals surface area contributed by atoms with Crippen molar-refractivity contribution in [2.45, 2.75) is 25.9 Å². The maximum atomic E-state index is 12.8. The summed E-state index contributed by atoms with van der Waals surface area (Å²) >= 11 is 0. The number of fused-ring (bicyclic) bond motifs is 1. The van der Waals surface area contributed by atoms with Crippen LogP contribution >= 0.6 is 0 Å². The molecule has 1 aromatic carbocycles. The van der Waals surface area contributed by atoms with Crippen LogP contribution in [0.3, 0.4) is 0 Å². The molecule has 2 aromatic heterocycles. The summed E-state index contributed by atoms with van der Waals surface area (Å²) in [6.07, 6.45) is -0.110. The monoisotopic (exact) mass is 374 g/mol. The standard InChI is InChI=1S/C20H21F3N4/c1-14-12-17(26-9-5-15(6-10-26)20(21,22)23)2-3-19(14)25-16-7-11-27-18(13-16)4-8-24-27/h2-4,7-8,11-13,15,25H,5-6,9-10H2,1H3. The maximum Gasteiger partial charge on any atom is 0.391 e. The van der Waals surface area contributed by atoms with E-state index < -0.39 is 12.1 Å². The van der Waals surface area contributed by atoms with E-state index in [1.807, 2.05) is 54.4 Å². The average molecular weight is 374 g/mol. The molecule has 1 fully saturated rings. The van der Waals surface area contributed by atoms with Gasteiger partial charge in [-0.3, -0.25) is 0 Å². The molecule has 4 rings (SSSR count). The highest BCUT2D eigenvalue weighted by molar-refractivity contribution is 5.69. The Balaban J connectivity index is 1.46. The summed E-state index contributed by atoms with van der Waals surface area (Å²) in [7, 11) is 0. The largest absolute Gasteiger partial charge is 0.391 e. The Labute approximate surface area is 155 Å². The van der Waals surface area contributed by atoms with E-state index in [0.717, 1.165) is 28.1 Å². The molecule has 0 spiro atoms. The number of hydrogen-bond donors (Lipinski definition) is 1. The molecule has 1 saturated heterocycles. The summed E-state index contributed by atoms with van der Waals surface area (Å²) < 4.78 is 40.3. The number of rotatable bonds is 3. The predicted molar refractivity (Wildman–Crippen MR) is 101 cm³/mol. The third kappa shape index (κ3) is 3.72. The highest BCUT2D eigenvalue weighted by Crippen LogP contribution is 2.36. The SMILES string of the molecule is Cc1cc(N2CCC(C(F)(F)F)CC2)ccc1Nc1ccn2nccc2c1. The van der Waals surface area contributed by atoms with Gasteiger partial charge in [0, 0.05) is 42.5 Å². The van der Waals surface area contributed by atoms with Gasteiger partial charge in [-0.05, 0) is 61.7 Å². The molecular weight excluding hydrogens is 353 g/mol. The third-order valence-electron chi connectivity index (χ3n) is 5.21.